The Balaban J connectivity index is 2.03. The predicted octanol–water partition coefficient (Wildman–Crippen LogP) is 1.18. The highest BCUT2D eigenvalue weighted by molar-refractivity contribution is 7.91. The summed E-state index contributed by atoms with van der Waals surface area (Å²) >= 11 is 0. The first kappa shape index (κ1) is 14.1. The van der Waals surface area contributed by atoms with Crippen LogP contribution in [0.5, 0.6) is 0 Å². The van der Waals surface area contributed by atoms with Gasteiger partial charge in [-0.1, -0.05) is 24.3 Å². The lowest BCUT2D eigenvalue weighted by Crippen LogP contribution is -2.38. The number of nitrogens with zero attached hydrogens (tertiary/aromatic N) is 1. The van der Waals surface area contributed by atoms with E-state index in [4.69, 9.17) is 0 Å². The molecule has 0 radical (unpaired) electrons. The standard InChI is InChI=1S/C14H19NO3S/c1-11-5-3-4-6-12(11)9-14(16)15(2)13-7-8-19(17,18)10-13/h3-6,13H,7-10H2,1-2H3/t13-/m1/s1. The molecule has 19 heavy (non-hydrogen) atoms. The summed E-state index contributed by atoms with van der Waals surface area (Å²) in [6.07, 6.45) is 0.887. The third kappa shape index (κ3) is 3.35. The van der Waals surface area contributed by atoms with Crippen molar-refractivity contribution in [2.75, 3.05) is 18.6 Å². The number of sulfone groups is 1. The van der Waals surface area contributed by atoms with Gasteiger partial charge in [0.1, 0.15) is 0 Å². The minimum atomic E-state index is -2.95. The van der Waals surface area contributed by atoms with Crippen LogP contribution in [0.4, 0.5) is 0 Å². The third-order valence-electron chi connectivity index (χ3n) is 3.75. The lowest BCUT2D eigenvalue weighted by Gasteiger charge is -2.23. The number of likely N-dealkylation sites (N-methyl/N-ethyl adjacent to an activating group) is 1. The van der Waals surface area contributed by atoms with Gasteiger partial charge in [0, 0.05) is 13.1 Å². The molecule has 1 aromatic rings. The molecule has 0 aliphatic carbocycles. The molecule has 1 fully saturated rings. The number of benzene rings is 1. The van der Waals surface area contributed by atoms with E-state index in [1.165, 1.54) is 0 Å². The third-order valence-corrected chi connectivity index (χ3v) is 5.50. The summed E-state index contributed by atoms with van der Waals surface area (Å²) in [5, 5.41) is 0. The summed E-state index contributed by atoms with van der Waals surface area (Å²) < 4.78 is 22.9. The van der Waals surface area contributed by atoms with Crippen molar-refractivity contribution in [2.24, 2.45) is 0 Å². The summed E-state index contributed by atoms with van der Waals surface area (Å²) in [6, 6.07) is 7.60. The second kappa shape index (κ2) is 5.33. The Morgan fingerprint density at radius 3 is 2.63 bits per heavy atom. The molecule has 104 valence electrons. The summed E-state index contributed by atoms with van der Waals surface area (Å²) in [5.41, 5.74) is 2.09. The van der Waals surface area contributed by atoms with Gasteiger partial charge in [0.2, 0.25) is 5.91 Å². The lowest BCUT2D eigenvalue weighted by molar-refractivity contribution is -0.130. The normalized spacial score (nSPS) is 21.3. The van der Waals surface area contributed by atoms with Gasteiger partial charge in [0.25, 0.3) is 0 Å². The van der Waals surface area contributed by atoms with E-state index in [2.05, 4.69) is 0 Å². The molecule has 1 aromatic carbocycles. The Morgan fingerprint density at radius 1 is 1.37 bits per heavy atom. The van der Waals surface area contributed by atoms with Crippen molar-refractivity contribution in [1.82, 2.24) is 4.90 Å². The van der Waals surface area contributed by atoms with Crippen molar-refractivity contribution < 1.29 is 13.2 Å². The second-order valence-electron chi connectivity index (χ2n) is 5.16. The molecule has 0 unspecified atom stereocenters. The Bertz CT molecular complexity index is 580. The Hall–Kier alpha value is -1.36. The molecular formula is C14H19NO3S. The zero-order valence-corrected chi connectivity index (χ0v) is 12.1. The topological polar surface area (TPSA) is 54.5 Å². The van der Waals surface area contributed by atoms with E-state index >= 15 is 0 Å². The first-order chi connectivity index (χ1) is 8.89. The maximum atomic E-state index is 12.2. The van der Waals surface area contributed by atoms with Gasteiger partial charge in [-0.15, -0.1) is 0 Å². The fourth-order valence-corrected chi connectivity index (χ4v) is 4.15. The summed E-state index contributed by atoms with van der Waals surface area (Å²) in [5.74, 6) is 0.277. The van der Waals surface area contributed by atoms with Crippen molar-refractivity contribution in [1.29, 1.82) is 0 Å². The van der Waals surface area contributed by atoms with Gasteiger partial charge in [-0.05, 0) is 24.5 Å². The molecule has 1 amide bonds. The molecule has 1 aliphatic heterocycles. The lowest BCUT2D eigenvalue weighted by atomic mass is 10.0. The highest BCUT2D eigenvalue weighted by Gasteiger charge is 2.32. The molecule has 1 saturated heterocycles. The number of hydrogen-bond donors (Lipinski definition) is 0. The van der Waals surface area contributed by atoms with E-state index < -0.39 is 9.84 Å². The Morgan fingerprint density at radius 2 is 2.05 bits per heavy atom. The average molecular weight is 281 g/mol. The molecule has 1 aliphatic rings. The molecular weight excluding hydrogens is 262 g/mol. The quantitative estimate of drug-likeness (QED) is 0.836. The highest BCUT2D eigenvalue weighted by Crippen LogP contribution is 2.18. The number of carbonyl (C=O) groups is 1. The number of aryl methyl sites for hydroxylation is 1. The molecule has 0 aromatic heterocycles. The van der Waals surface area contributed by atoms with Gasteiger partial charge in [-0.25, -0.2) is 8.42 Å². The average Bonchev–Trinajstić information content (AvgIpc) is 2.71. The highest BCUT2D eigenvalue weighted by atomic mass is 32.2. The van der Waals surface area contributed by atoms with Gasteiger partial charge in [-0.2, -0.15) is 0 Å². The van der Waals surface area contributed by atoms with Crippen LogP contribution in [0.3, 0.4) is 0 Å². The summed E-state index contributed by atoms with van der Waals surface area (Å²) in [7, 11) is -1.25. The van der Waals surface area contributed by atoms with Crippen molar-refractivity contribution in [3.63, 3.8) is 0 Å². The fourth-order valence-electron chi connectivity index (χ4n) is 2.38. The molecule has 1 heterocycles. The first-order valence-corrected chi connectivity index (χ1v) is 8.22. The van der Waals surface area contributed by atoms with E-state index in [9.17, 15) is 13.2 Å². The SMILES string of the molecule is Cc1ccccc1CC(=O)N(C)[C@@H]1CCS(=O)(=O)C1. The number of carbonyl (C=O) groups excluding carboxylic acids is 1. The molecule has 2 rings (SSSR count). The summed E-state index contributed by atoms with van der Waals surface area (Å²) in [4.78, 5) is 13.8. The van der Waals surface area contributed by atoms with Crippen molar-refractivity contribution in [3.8, 4) is 0 Å². The van der Waals surface area contributed by atoms with E-state index in [1.807, 2.05) is 31.2 Å². The molecule has 0 saturated carbocycles. The van der Waals surface area contributed by atoms with Gasteiger partial charge in [0.15, 0.2) is 9.84 Å². The number of rotatable bonds is 3. The molecule has 1 atom stereocenters. The number of hydrogen-bond acceptors (Lipinski definition) is 3. The van der Waals surface area contributed by atoms with E-state index in [1.54, 1.807) is 11.9 Å². The molecule has 0 N–H and O–H groups in total. The van der Waals surface area contributed by atoms with Crippen LogP contribution in [0.2, 0.25) is 0 Å². The smallest absolute Gasteiger partial charge is 0.227 e. The minimum absolute atomic E-state index is 0.0172. The van der Waals surface area contributed by atoms with Crippen LogP contribution in [0, 0.1) is 6.92 Å². The Kier molecular flexibility index (Phi) is 3.94. The van der Waals surface area contributed by atoms with Crippen molar-refractivity contribution in [2.45, 2.75) is 25.8 Å². The predicted molar refractivity (Wildman–Crippen MR) is 74.7 cm³/mol. The second-order valence-corrected chi connectivity index (χ2v) is 7.39. The van der Waals surface area contributed by atoms with Crippen molar-refractivity contribution >= 4 is 15.7 Å². The Labute approximate surface area is 114 Å². The van der Waals surface area contributed by atoms with Crippen LogP contribution < -0.4 is 0 Å². The molecule has 4 nitrogen and oxygen atoms in total. The van der Waals surface area contributed by atoms with Crippen LogP contribution in [-0.4, -0.2) is 43.8 Å². The molecule has 0 bridgehead atoms. The molecule has 0 spiro atoms. The largest absolute Gasteiger partial charge is 0.341 e. The monoisotopic (exact) mass is 281 g/mol. The van der Waals surface area contributed by atoms with Crippen LogP contribution >= 0.6 is 0 Å². The van der Waals surface area contributed by atoms with Gasteiger partial charge < -0.3 is 4.90 Å². The zero-order valence-electron chi connectivity index (χ0n) is 11.3. The first-order valence-electron chi connectivity index (χ1n) is 6.39. The maximum Gasteiger partial charge on any atom is 0.227 e. The molecule has 5 heteroatoms. The van der Waals surface area contributed by atoms with E-state index in [-0.39, 0.29) is 23.5 Å². The summed E-state index contributed by atoms with van der Waals surface area (Å²) in [6.45, 7) is 1.97. The van der Waals surface area contributed by atoms with Crippen LogP contribution in [-0.2, 0) is 21.1 Å². The van der Waals surface area contributed by atoms with E-state index in [0.29, 0.717) is 12.8 Å². The van der Waals surface area contributed by atoms with Gasteiger partial charge in [-0.3, -0.25) is 4.79 Å². The van der Waals surface area contributed by atoms with Crippen molar-refractivity contribution in [3.05, 3.63) is 35.4 Å². The fraction of sp³-hybridized carbons (Fsp3) is 0.500. The van der Waals surface area contributed by atoms with E-state index in [0.717, 1.165) is 11.1 Å². The minimum Gasteiger partial charge on any atom is -0.341 e. The van der Waals surface area contributed by atoms with Gasteiger partial charge in [0.05, 0.1) is 17.9 Å². The maximum absolute atomic E-state index is 12.2. The van der Waals surface area contributed by atoms with Crippen LogP contribution in [0.1, 0.15) is 17.5 Å². The van der Waals surface area contributed by atoms with Crippen LogP contribution in [0.15, 0.2) is 24.3 Å². The zero-order chi connectivity index (χ0) is 14.0. The van der Waals surface area contributed by atoms with Gasteiger partial charge >= 0.3 is 0 Å². The van der Waals surface area contributed by atoms with Crippen LogP contribution in [0.25, 0.3) is 0 Å². The number of amides is 1.